The van der Waals surface area contributed by atoms with Crippen LogP contribution >= 0.6 is 0 Å². The monoisotopic (exact) mass is 482 g/mol. The predicted molar refractivity (Wildman–Crippen MR) is 147 cm³/mol. The summed E-state index contributed by atoms with van der Waals surface area (Å²) in [7, 11) is 0. The summed E-state index contributed by atoms with van der Waals surface area (Å²) in [5.41, 5.74) is 6.36. The number of hydrogen-bond donors (Lipinski definition) is 1. The van der Waals surface area contributed by atoms with E-state index in [1.165, 1.54) is 43.4 Å². The molecular weight excluding hydrogens is 447 g/mol. The van der Waals surface area contributed by atoms with E-state index >= 15 is 0 Å². The maximum Gasteiger partial charge on any atom is 0.165 e. The molecule has 3 aromatic carbocycles. The smallest absolute Gasteiger partial charge is 0.165 e. The Balaban J connectivity index is 1.55. The number of Topliss-reactive ketones (excluding diaryl/α,β-unsaturated/α-hetero) is 1. The van der Waals surface area contributed by atoms with Gasteiger partial charge in [-0.25, -0.2) is 4.39 Å². The van der Waals surface area contributed by atoms with E-state index in [0.29, 0.717) is 18.9 Å². The summed E-state index contributed by atoms with van der Waals surface area (Å²) in [5, 5.41) is 4.76. The topological polar surface area (TPSA) is 34.0 Å². The molecule has 1 N–H and O–H groups in total. The number of ketones is 1. The number of halogens is 1. The third-order valence-corrected chi connectivity index (χ3v) is 7.39. The number of nitrogens with zero attached hydrogens (tertiary/aromatic N) is 1. The molecule has 4 heteroatoms. The molecule has 3 nitrogen and oxygen atoms in total. The molecule has 1 aliphatic carbocycles. The Morgan fingerprint density at radius 2 is 1.69 bits per heavy atom. The minimum absolute atomic E-state index is 0.149. The fraction of sp³-hybridized carbons (Fsp3) is 0.344. The number of carbonyl (C=O) groups excluding carboxylic acids is 1. The quantitative estimate of drug-likeness (QED) is 0.244. The zero-order valence-corrected chi connectivity index (χ0v) is 21.3. The van der Waals surface area contributed by atoms with Crippen molar-refractivity contribution in [3.05, 3.63) is 101 Å². The summed E-state index contributed by atoms with van der Waals surface area (Å²) in [6.45, 7) is 5.07. The SMILES string of the molecule is CC(C)c1c(C(=O)CCc2ccc(F)cc2)c2ccc(NC3CCCC3)cc2n1Cc1ccccc1. The lowest BCUT2D eigenvalue weighted by molar-refractivity contribution is 0.0983. The Morgan fingerprint density at radius 1 is 0.972 bits per heavy atom. The van der Waals surface area contributed by atoms with Gasteiger partial charge in [0.25, 0.3) is 0 Å². The molecule has 0 radical (unpaired) electrons. The highest BCUT2D eigenvalue weighted by molar-refractivity contribution is 6.10. The summed E-state index contributed by atoms with van der Waals surface area (Å²) in [6, 6.07) is 24.0. The van der Waals surface area contributed by atoms with Crippen molar-refractivity contribution in [3.8, 4) is 0 Å². The molecule has 0 unspecified atom stereocenters. The largest absolute Gasteiger partial charge is 0.382 e. The summed E-state index contributed by atoms with van der Waals surface area (Å²) in [5.74, 6) is 0.0895. The Hall–Kier alpha value is -3.40. The van der Waals surface area contributed by atoms with E-state index in [1.807, 2.05) is 6.07 Å². The molecule has 5 rings (SSSR count). The number of benzene rings is 3. The van der Waals surface area contributed by atoms with E-state index in [1.54, 1.807) is 12.1 Å². The van der Waals surface area contributed by atoms with Crippen molar-refractivity contribution in [2.75, 3.05) is 5.32 Å². The van der Waals surface area contributed by atoms with Gasteiger partial charge in [-0.15, -0.1) is 0 Å². The molecule has 36 heavy (non-hydrogen) atoms. The van der Waals surface area contributed by atoms with Gasteiger partial charge in [0.05, 0.1) is 5.52 Å². The van der Waals surface area contributed by atoms with Crippen LogP contribution in [0.1, 0.15) is 79.0 Å². The molecule has 1 aromatic heterocycles. The highest BCUT2D eigenvalue weighted by Gasteiger charge is 2.25. The van der Waals surface area contributed by atoms with Crippen LogP contribution in [-0.2, 0) is 13.0 Å². The first-order valence-electron chi connectivity index (χ1n) is 13.2. The van der Waals surface area contributed by atoms with Crippen LogP contribution in [0, 0.1) is 5.82 Å². The number of nitrogens with one attached hydrogen (secondary N) is 1. The van der Waals surface area contributed by atoms with E-state index in [4.69, 9.17) is 0 Å². The third kappa shape index (κ3) is 5.23. The first-order valence-corrected chi connectivity index (χ1v) is 13.2. The van der Waals surface area contributed by atoms with Crippen LogP contribution in [-0.4, -0.2) is 16.4 Å². The van der Waals surface area contributed by atoms with Crippen LogP contribution in [0.5, 0.6) is 0 Å². The van der Waals surface area contributed by atoms with Crippen molar-refractivity contribution in [3.63, 3.8) is 0 Å². The van der Waals surface area contributed by atoms with Gasteiger partial charge in [-0.1, -0.05) is 75.2 Å². The molecule has 1 fully saturated rings. The zero-order valence-electron chi connectivity index (χ0n) is 21.3. The predicted octanol–water partition coefficient (Wildman–Crippen LogP) is 8.12. The van der Waals surface area contributed by atoms with E-state index in [-0.39, 0.29) is 17.5 Å². The van der Waals surface area contributed by atoms with Crippen molar-refractivity contribution >= 4 is 22.4 Å². The summed E-state index contributed by atoms with van der Waals surface area (Å²) < 4.78 is 15.7. The molecule has 0 amide bonds. The van der Waals surface area contributed by atoms with Crippen LogP contribution in [0.3, 0.4) is 0 Å². The van der Waals surface area contributed by atoms with Gasteiger partial charge in [-0.05, 0) is 60.6 Å². The maximum absolute atomic E-state index is 13.8. The number of aryl methyl sites for hydroxylation is 1. The standard InChI is InChI=1S/C32H35FN2O/c1-22(2)32-31(30(36)19-14-23-12-15-25(33)16-13-23)28-18-17-27(34-26-10-6-7-11-26)20-29(28)35(32)21-24-8-4-3-5-9-24/h3-5,8-9,12-13,15-18,20,22,26,34H,6-7,10-11,14,19,21H2,1-2H3. The molecule has 0 atom stereocenters. The van der Waals surface area contributed by atoms with E-state index in [2.05, 4.69) is 66.2 Å². The minimum atomic E-state index is -0.252. The van der Waals surface area contributed by atoms with Crippen LogP contribution in [0.25, 0.3) is 10.9 Å². The average molecular weight is 483 g/mol. The molecule has 4 aromatic rings. The lowest BCUT2D eigenvalue weighted by atomic mass is 9.96. The molecule has 0 aliphatic heterocycles. The lowest BCUT2D eigenvalue weighted by Gasteiger charge is -2.16. The summed E-state index contributed by atoms with van der Waals surface area (Å²) >= 11 is 0. The Kier molecular flexibility index (Phi) is 7.22. The maximum atomic E-state index is 13.8. The van der Waals surface area contributed by atoms with Gasteiger partial charge in [0, 0.05) is 41.3 Å². The first-order chi connectivity index (χ1) is 17.5. The van der Waals surface area contributed by atoms with E-state index in [0.717, 1.165) is 40.0 Å². The number of fused-ring (bicyclic) bond motifs is 1. The average Bonchev–Trinajstić information content (AvgIpc) is 3.50. The molecule has 1 saturated carbocycles. The Morgan fingerprint density at radius 3 is 2.39 bits per heavy atom. The van der Waals surface area contributed by atoms with Gasteiger partial charge in [0.1, 0.15) is 5.82 Å². The second kappa shape index (κ2) is 10.7. The number of anilines is 1. The molecule has 0 saturated heterocycles. The van der Waals surface area contributed by atoms with Gasteiger partial charge in [0.15, 0.2) is 5.78 Å². The molecular formula is C32H35FN2O. The van der Waals surface area contributed by atoms with Gasteiger partial charge >= 0.3 is 0 Å². The first kappa shape index (κ1) is 24.3. The number of aromatic nitrogens is 1. The molecule has 1 heterocycles. The highest BCUT2D eigenvalue weighted by atomic mass is 19.1. The fourth-order valence-corrected chi connectivity index (χ4v) is 5.63. The Bertz CT molecular complexity index is 1330. The second-order valence-corrected chi connectivity index (χ2v) is 10.4. The highest BCUT2D eigenvalue weighted by Crippen LogP contribution is 2.35. The second-order valence-electron chi connectivity index (χ2n) is 10.4. The fourth-order valence-electron chi connectivity index (χ4n) is 5.63. The van der Waals surface area contributed by atoms with Gasteiger partial charge in [-0.2, -0.15) is 0 Å². The van der Waals surface area contributed by atoms with Crippen molar-refractivity contribution in [2.24, 2.45) is 0 Å². The van der Waals surface area contributed by atoms with Crippen LogP contribution in [0.2, 0.25) is 0 Å². The van der Waals surface area contributed by atoms with E-state index < -0.39 is 0 Å². The van der Waals surface area contributed by atoms with Gasteiger partial charge < -0.3 is 9.88 Å². The summed E-state index contributed by atoms with van der Waals surface area (Å²) in [6.07, 6.45) is 6.01. The zero-order chi connectivity index (χ0) is 25.1. The molecule has 1 aliphatic rings. The molecule has 0 spiro atoms. The van der Waals surface area contributed by atoms with Crippen LogP contribution in [0.4, 0.5) is 10.1 Å². The Labute approximate surface area is 213 Å². The normalized spacial score (nSPS) is 14.1. The molecule has 186 valence electrons. The van der Waals surface area contributed by atoms with Crippen LogP contribution in [0.15, 0.2) is 72.8 Å². The van der Waals surface area contributed by atoms with Crippen molar-refractivity contribution < 1.29 is 9.18 Å². The van der Waals surface area contributed by atoms with Crippen LogP contribution < -0.4 is 5.32 Å². The summed E-state index contributed by atoms with van der Waals surface area (Å²) in [4.78, 5) is 13.8. The van der Waals surface area contributed by atoms with E-state index in [9.17, 15) is 9.18 Å². The van der Waals surface area contributed by atoms with Gasteiger partial charge in [-0.3, -0.25) is 4.79 Å². The number of carbonyl (C=O) groups is 1. The number of rotatable bonds is 9. The van der Waals surface area contributed by atoms with Gasteiger partial charge in [0.2, 0.25) is 0 Å². The van der Waals surface area contributed by atoms with Crippen molar-refractivity contribution in [1.29, 1.82) is 0 Å². The van der Waals surface area contributed by atoms with Crippen molar-refractivity contribution in [2.45, 2.75) is 70.9 Å². The van der Waals surface area contributed by atoms with Crippen molar-refractivity contribution in [1.82, 2.24) is 4.57 Å². The minimum Gasteiger partial charge on any atom is -0.382 e. The lowest BCUT2D eigenvalue weighted by Crippen LogP contribution is -2.14. The third-order valence-electron chi connectivity index (χ3n) is 7.39. The molecule has 0 bridgehead atoms. The number of hydrogen-bond acceptors (Lipinski definition) is 2.